The molecule has 0 radical (unpaired) electrons. The van der Waals surface area contributed by atoms with E-state index in [9.17, 15) is 9.59 Å². The predicted molar refractivity (Wildman–Crippen MR) is 69.5 cm³/mol. The van der Waals surface area contributed by atoms with Gasteiger partial charge in [-0.05, 0) is 19.8 Å². The average molecular weight is 278 g/mol. The zero-order valence-corrected chi connectivity index (χ0v) is 10.8. The largest absolute Gasteiger partial charge is 0.481 e. The summed E-state index contributed by atoms with van der Waals surface area (Å²) in [5.41, 5.74) is 15.3. The molecule has 0 heterocycles. The number of guanidine groups is 1. The molecule has 0 unspecified atom stereocenters. The Kier molecular flexibility index (Phi) is 11.5. The van der Waals surface area contributed by atoms with Crippen molar-refractivity contribution in [3.8, 4) is 0 Å². The lowest BCUT2D eigenvalue weighted by atomic mass is 10.2. The molecule has 9 nitrogen and oxygen atoms in total. The number of aliphatic hydroxyl groups is 1. The van der Waals surface area contributed by atoms with E-state index in [1.807, 2.05) is 0 Å². The van der Waals surface area contributed by atoms with Crippen molar-refractivity contribution in [1.82, 2.24) is 0 Å². The fourth-order valence-corrected chi connectivity index (χ4v) is 0.896. The van der Waals surface area contributed by atoms with E-state index in [0.717, 1.165) is 0 Å². The number of hydrogen-bond donors (Lipinski definition) is 6. The van der Waals surface area contributed by atoms with Crippen LogP contribution >= 0.6 is 0 Å². The van der Waals surface area contributed by atoms with Crippen LogP contribution in [-0.4, -0.2) is 51.9 Å². The maximum absolute atomic E-state index is 10.2. The molecule has 0 amide bonds. The minimum absolute atomic E-state index is 0.0129. The lowest BCUT2D eigenvalue weighted by Gasteiger charge is -2.03. The van der Waals surface area contributed by atoms with Gasteiger partial charge in [-0.3, -0.25) is 14.6 Å². The lowest BCUT2D eigenvalue weighted by molar-refractivity contribution is -0.139. The summed E-state index contributed by atoms with van der Waals surface area (Å²) in [6, 6.07) is -0.820. The van der Waals surface area contributed by atoms with Gasteiger partial charge in [0.25, 0.3) is 0 Å². The Labute approximate surface area is 111 Å². The van der Waals surface area contributed by atoms with E-state index in [4.69, 9.17) is 32.5 Å². The Balaban J connectivity index is 0. The molecule has 0 aromatic carbocycles. The van der Waals surface area contributed by atoms with Gasteiger partial charge in [0.2, 0.25) is 0 Å². The molecule has 0 aromatic rings. The number of carbonyl (C=O) groups is 2. The van der Waals surface area contributed by atoms with Crippen LogP contribution in [0.4, 0.5) is 0 Å². The van der Waals surface area contributed by atoms with Gasteiger partial charge in [-0.15, -0.1) is 0 Å². The first-order valence-corrected chi connectivity index (χ1v) is 5.60. The van der Waals surface area contributed by atoms with Crippen LogP contribution in [-0.2, 0) is 9.59 Å². The Hall–Kier alpha value is -1.87. The zero-order chi connectivity index (χ0) is 15.4. The molecule has 0 spiro atoms. The molecule has 0 rings (SSSR count). The number of nitrogens with two attached hydrogens (primary N) is 3. The van der Waals surface area contributed by atoms with Gasteiger partial charge in [-0.25, -0.2) is 0 Å². The van der Waals surface area contributed by atoms with Crippen molar-refractivity contribution in [1.29, 1.82) is 0 Å². The third kappa shape index (κ3) is 18.7. The first-order valence-electron chi connectivity index (χ1n) is 5.60. The molecular weight excluding hydrogens is 256 g/mol. The number of rotatable bonds is 7. The molecule has 0 saturated carbocycles. The Morgan fingerprint density at radius 3 is 2.05 bits per heavy atom. The summed E-state index contributed by atoms with van der Waals surface area (Å²) in [4.78, 5) is 23.5. The zero-order valence-electron chi connectivity index (χ0n) is 10.8. The highest BCUT2D eigenvalue weighted by atomic mass is 16.4. The van der Waals surface area contributed by atoms with E-state index < -0.39 is 24.1 Å². The summed E-state index contributed by atoms with van der Waals surface area (Å²) in [7, 11) is 0. The Morgan fingerprint density at radius 2 is 1.79 bits per heavy atom. The number of hydrogen-bond acceptors (Lipinski definition) is 5. The second kappa shape index (κ2) is 11.2. The minimum Gasteiger partial charge on any atom is -0.481 e. The van der Waals surface area contributed by atoms with Crippen LogP contribution in [0.2, 0.25) is 0 Å². The highest BCUT2D eigenvalue weighted by Crippen LogP contribution is 1.94. The van der Waals surface area contributed by atoms with Crippen LogP contribution in [0, 0.1) is 0 Å². The molecule has 9 heteroatoms. The fraction of sp³-hybridized carbons (Fsp3) is 0.700. The van der Waals surface area contributed by atoms with Gasteiger partial charge < -0.3 is 32.5 Å². The van der Waals surface area contributed by atoms with Gasteiger partial charge in [0.05, 0.1) is 12.5 Å². The molecule has 19 heavy (non-hydrogen) atoms. The van der Waals surface area contributed by atoms with Gasteiger partial charge in [0, 0.05) is 6.54 Å². The van der Waals surface area contributed by atoms with Crippen molar-refractivity contribution in [2.24, 2.45) is 22.2 Å². The van der Waals surface area contributed by atoms with E-state index in [1.54, 1.807) is 0 Å². The van der Waals surface area contributed by atoms with Crippen molar-refractivity contribution in [2.75, 3.05) is 6.54 Å². The first kappa shape index (κ1) is 19.5. The second-order valence-corrected chi connectivity index (χ2v) is 3.84. The summed E-state index contributed by atoms with van der Waals surface area (Å²) in [6.45, 7) is 1.86. The molecule has 112 valence electrons. The molecule has 0 saturated heterocycles. The number of carboxylic acid groups (broad SMARTS) is 2. The van der Waals surface area contributed by atoms with Crippen LogP contribution in [0.15, 0.2) is 4.99 Å². The van der Waals surface area contributed by atoms with Gasteiger partial charge >= 0.3 is 11.9 Å². The highest BCUT2D eigenvalue weighted by molar-refractivity contribution is 5.75. The molecule has 0 aliphatic rings. The lowest BCUT2D eigenvalue weighted by Crippen LogP contribution is -2.30. The van der Waals surface area contributed by atoms with Crippen molar-refractivity contribution in [3.05, 3.63) is 0 Å². The van der Waals surface area contributed by atoms with Crippen LogP contribution in [0.5, 0.6) is 0 Å². The molecule has 0 bridgehead atoms. The third-order valence-electron chi connectivity index (χ3n) is 1.75. The van der Waals surface area contributed by atoms with Crippen LogP contribution in [0.1, 0.15) is 26.2 Å². The van der Waals surface area contributed by atoms with E-state index >= 15 is 0 Å². The monoisotopic (exact) mass is 278 g/mol. The number of aliphatic hydroxyl groups excluding tert-OH is 1. The van der Waals surface area contributed by atoms with E-state index in [2.05, 4.69) is 4.99 Å². The van der Waals surface area contributed by atoms with Gasteiger partial charge in [0.1, 0.15) is 6.04 Å². The Morgan fingerprint density at radius 1 is 1.26 bits per heavy atom. The summed E-state index contributed by atoms with van der Waals surface area (Å²) in [5.74, 6) is -1.95. The van der Waals surface area contributed by atoms with Crippen molar-refractivity contribution >= 4 is 17.9 Å². The summed E-state index contributed by atoms with van der Waals surface area (Å²) >= 11 is 0. The number of aliphatic imine (C=N–C) groups is 1. The minimum atomic E-state index is -1.00. The predicted octanol–water partition coefficient (Wildman–Crippen LogP) is -1.71. The standard InChI is InChI=1S/C6H14N4O2.C4H8O3/c7-4(5(11)12)2-1-3-10-6(8)9;1-3(5)2-4(6)7/h4H,1-3,7H2,(H,11,12)(H4,8,9,10);3,5H,2H2,1H3,(H,6,7)/t4-;3-/m01/s1. The summed E-state index contributed by atoms with van der Waals surface area (Å²) < 4.78 is 0. The molecule has 0 aliphatic heterocycles. The smallest absolute Gasteiger partial charge is 0.320 e. The molecule has 2 atom stereocenters. The molecule has 9 N–H and O–H groups in total. The van der Waals surface area contributed by atoms with Crippen molar-refractivity contribution in [2.45, 2.75) is 38.3 Å². The number of aliphatic carboxylic acids is 2. The van der Waals surface area contributed by atoms with Crippen molar-refractivity contribution in [3.63, 3.8) is 0 Å². The van der Waals surface area contributed by atoms with Crippen LogP contribution in [0.3, 0.4) is 0 Å². The number of carboxylic acids is 2. The molecule has 0 fully saturated rings. The van der Waals surface area contributed by atoms with Gasteiger partial charge in [-0.1, -0.05) is 0 Å². The van der Waals surface area contributed by atoms with Crippen molar-refractivity contribution < 1.29 is 24.9 Å². The maximum Gasteiger partial charge on any atom is 0.320 e. The normalized spacial score (nSPS) is 12.6. The molecule has 0 aromatic heterocycles. The Bertz CT molecular complexity index is 302. The average Bonchev–Trinajstić information content (AvgIpc) is 2.22. The first-order chi connectivity index (χ1) is 8.66. The van der Waals surface area contributed by atoms with Gasteiger partial charge in [0.15, 0.2) is 5.96 Å². The maximum atomic E-state index is 10.2. The van der Waals surface area contributed by atoms with E-state index in [0.29, 0.717) is 19.4 Å². The second-order valence-electron chi connectivity index (χ2n) is 3.84. The fourth-order valence-electron chi connectivity index (χ4n) is 0.896. The highest BCUT2D eigenvalue weighted by Gasteiger charge is 2.09. The van der Waals surface area contributed by atoms with E-state index in [-0.39, 0.29) is 12.4 Å². The quantitative estimate of drug-likeness (QED) is 0.180. The third-order valence-corrected chi connectivity index (χ3v) is 1.75. The molecular formula is C10H22N4O5. The number of nitrogens with zero attached hydrogens (tertiary/aromatic N) is 1. The summed E-state index contributed by atoms with van der Waals surface area (Å²) in [5, 5.41) is 24.6. The van der Waals surface area contributed by atoms with Gasteiger partial charge in [-0.2, -0.15) is 0 Å². The summed E-state index contributed by atoms with van der Waals surface area (Å²) in [6.07, 6.45) is 0.0646. The topological polar surface area (TPSA) is 185 Å². The van der Waals surface area contributed by atoms with E-state index in [1.165, 1.54) is 6.92 Å². The SMILES string of the molecule is C[C@@H](O)CC(=O)O.NC(N)=NCCC[C@H](N)C(=O)O. The van der Waals surface area contributed by atoms with Crippen LogP contribution in [0.25, 0.3) is 0 Å². The molecule has 0 aliphatic carbocycles. The van der Waals surface area contributed by atoms with Crippen LogP contribution < -0.4 is 17.2 Å².